The smallest absolute Gasteiger partial charge is 0.232 e. The van der Waals surface area contributed by atoms with E-state index in [1.54, 1.807) is 17.5 Å². The highest BCUT2D eigenvalue weighted by Gasteiger charge is 2.32. The lowest BCUT2D eigenvalue weighted by Crippen LogP contribution is -2.38. The van der Waals surface area contributed by atoms with Gasteiger partial charge >= 0.3 is 0 Å². The van der Waals surface area contributed by atoms with Crippen LogP contribution >= 0.6 is 11.3 Å². The van der Waals surface area contributed by atoms with Gasteiger partial charge in [-0.1, -0.05) is 29.9 Å². The number of carbonyl (C=O) groups excluding carboxylic acids is 1. The molecule has 25 heavy (non-hydrogen) atoms. The highest BCUT2D eigenvalue weighted by Crippen LogP contribution is 2.36. The Labute approximate surface area is 151 Å². The summed E-state index contributed by atoms with van der Waals surface area (Å²) in [4.78, 5) is 24.1. The van der Waals surface area contributed by atoms with Crippen molar-refractivity contribution in [3.63, 3.8) is 0 Å². The van der Waals surface area contributed by atoms with Crippen LogP contribution < -0.4 is 4.90 Å². The summed E-state index contributed by atoms with van der Waals surface area (Å²) in [6.07, 6.45) is 4.89. The van der Waals surface area contributed by atoms with Crippen LogP contribution in [0.5, 0.6) is 0 Å². The van der Waals surface area contributed by atoms with Crippen molar-refractivity contribution >= 4 is 32.6 Å². The molecule has 1 saturated carbocycles. The van der Waals surface area contributed by atoms with E-state index in [4.69, 9.17) is 4.98 Å². The Morgan fingerprint density at radius 2 is 2.08 bits per heavy atom. The first-order valence-corrected chi connectivity index (χ1v) is 9.53. The molecule has 0 saturated heterocycles. The number of anilines is 1. The van der Waals surface area contributed by atoms with Gasteiger partial charge in [-0.15, -0.1) is 0 Å². The first-order valence-electron chi connectivity index (χ1n) is 8.71. The lowest BCUT2D eigenvalue weighted by Gasteiger charge is -2.30. The van der Waals surface area contributed by atoms with E-state index in [1.165, 1.54) is 11.1 Å². The van der Waals surface area contributed by atoms with E-state index in [0.717, 1.165) is 40.3 Å². The SMILES string of the molecule is Cc1ccc2sc(N(Cc3ccccn3)C(=O)C3CCC3)nc2c1C. The van der Waals surface area contributed by atoms with E-state index in [9.17, 15) is 4.79 Å². The average Bonchev–Trinajstić information content (AvgIpc) is 3.00. The van der Waals surface area contributed by atoms with Crippen LogP contribution in [-0.2, 0) is 11.3 Å². The third kappa shape index (κ3) is 3.04. The number of nitrogens with zero attached hydrogens (tertiary/aromatic N) is 3. The molecule has 1 amide bonds. The molecule has 0 spiro atoms. The van der Waals surface area contributed by atoms with Gasteiger partial charge in [-0.2, -0.15) is 0 Å². The Balaban J connectivity index is 1.74. The number of hydrogen-bond donors (Lipinski definition) is 0. The number of amides is 1. The maximum absolute atomic E-state index is 13.0. The minimum atomic E-state index is 0.138. The molecule has 3 aromatic rings. The molecule has 1 aromatic carbocycles. The Bertz CT molecular complexity index is 915. The van der Waals surface area contributed by atoms with E-state index >= 15 is 0 Å². The predicted octanol–water partition coefficient (Wildman–Crippen LogP) is 4.64. The second kappa shape index (κ2) is 6.56. The molecule has 128 valence electrons. The van der Waals surface area contributed by atoms with Gasteiger partial charge in [0.2, 0.25) is 5.91 Å². The van der Waals surface area contributed by atoms with Crippen LogP contribution in [0, 0.1) is 19.8 Å². The van der Waals surface area contributed by atoms with Gasteiger partial charge in [0.05, 0.1) is 22.5 Å². The van der Waals surface area contributed by atoms with Gasteiger partial charge in [0.25, 0.3) is 0 Å². The summed E-state index contributed by atoms with van der Waals surface area (Å²) in [6, 6.07) is 10.0. The van der Waals surface area contributed by atoms with E-state index < -0.39 is 0 Å². The van der Waals surface area contributed by atoms with Crippen molar-refractivity contribution in [1.82, 2.24) is 9.97 Å². The largest absolute Gasteiger partial charge is 0.282 e. The highest BCUT2D eigenvalue weighted by atomic mass is 32.1. The minimum Gasteiger partial charge on any atom is -0.282 e. The molecular formula is C20H21N3OS. The molecule has 4 nitrogen and oxygen atoms in total. The molecular weight excluding hydrogens is 330 g/mol. The molecule has 1 aliphatic rings. The third-order valence-corrected chi connectivity index (χ3v) is 6.11. The maximum atomic E-state index is 13.0. The highest BCUT2D eigenvalue weighted by molar-refractivity contribution is 7.22. The summed E-state index contributed by atoms with van der Waals surface area (Å²) in [7, 11) is 0. The summed E-state index contributed by atoms with van der Waals surface area (Å²) in [6.45, 7) is 4.67. The zero-order valence-corrected chi connectivity index (χ0v) is 15.3. The topological polar surface area (TPSA) is 46.1 Å². The van der Waals surface area contributed by atoms with E-state index in [2.05, 4.69) is 31.0 Å². The lowest BCUT2D eigenvalue weighted by molar-refractivity contribution is -0.124. The summed E-state index contributed by atoms with van der Waals surface area (Å²) >= 11 is 1.59. The molecule has 2 heterocycles. The van der Waals surface area contributed by atoms with Crippen LogP contribution in [0.4, 0.5) is 5.13 Å². The van der Waals surface area contributed by atoms with Gasteiger partial charge < -0.3 is 0 Å². The fourth-order valence-electron chi connectivity index (χ4n) is 3.10. The van der Waals surface area contributed by atoms with Crippen LogP contribution in [0.1, 0.15) is 36.1 Å². The molecule has 0 N–H and O–H groups in total. The van der Waals surface area contributed by atoms with Crippen LogP contribution in [0.25, 0.3) is 10.2 Å². The zero-order valence-electron chi connectivity index (χ0n) is 14.5. The summed E-state index contributed by atoms with van der Waals surface area (Å²) in [5.74, 6) is 0.323. The first kappa shape index (κ1) is 16.2. The van der Waals surface area contributed by atoms with E-state index in [1.807, 2.05) is 23.1 Å². The molecule has 0 aliphatic heterocycles. The Morgan fingerprint density at radius 3 is 2.76 bits per heavy atom. The molecule has 1 aliphatic carbocycles. The Hall–Kier alpha value is -2.27. The van der Waals surface area contributed by atoms with Gasteiger partial charge in [0.15, 0.2) is 5.13 Å². The van der Waals surface area contributed by atoms with Crippen molar-refractivity contribution in [1.29, 1.82) is 0 Å². The molecule has 0 atom stereocenters. The molecule has 0 radical (unpaired) electrons. The number of hydrogen-bond acceptors (Lipinski definition) is 4. The number of aromatic nitrogens is 2. The molecule has 1 fully saturated rings. The Kier molecular flexibility index (Phi) is 4.25. The predicted molar refractivity (Wildman–Crippen MR) is 102 cm³/mol. The summed E-state index contributed by atoms with van der Waals surface area (Å²) < 4.78 is 1.13. The molecule has 4 rings (SSSR count). The van der Waals surface area contributed by atoms with Crippen LogP contribution in [0.3, 0.4) is 0 Å². The second-order valence-corrected chi connectivity index (χ2v) is 7.73. The number of thiazole rings is 1. The number of fused-ring (bicyclic) bond motifs is 1. The number of carbonyl (C=O) groups is 1. The van der Waals surface area contributed by atoms with Crippen molar-refractivity contribution < 1.29 is 4.79 Å². The number of pyridine rings is 1. The maximum Gasteiger partial charge on any atom is 0.232 e. The summed E-state index contributed by atoms with van der Waals surface area (Å²) in [5, 5.41) is 0.784. The summed E-state index contributed by atoms with van der Waals surface area (Å²) in [5.41, 5.74) is 4.31. The van der Waals surface area contributed by atoms with Crippen LogP contribution in [-0.4, -0.2) is 15.9 Å². The first-order chi connectivity index (χ1) is 12.1. The monoisotopic (exact) mass is 351 g/mol. The quantitative estimate of drug-likeness (QED) is 0.688. The molecule has 0 bridgehead atoms. The average molecular weight is 351 g/mol. The lowest BCUT2D eigenvalue weighted by atomic mass is 9.84. The number of rotatable bonds is 4. The van der Waals surface area contributed by atoms with Crippen molar-refractivity contribution in [3.05, 3.63) is 53.3 Å². The normalized spacial score (nSPS) is 14.5. The molecule has 5 heteroatoms. The van der Waals surface area contributed by atoms with Crippen LogP contribution in [0.15, 0.2) is 36.5 Å². The third-order valence-electron chi connectivity index (χ3n) is 5.07. The molecule has 0 unspecified atom stereocenters. The Morgan fingerprint density at radius 1 is 1.24 bits per heavy atom. The van der Waals surface area contributed by atoms with Gasteiger partial charge in [-0.05, 0) is 56.0 Å². The van der Waals surface area contributed by atoms with Gasteiger partial charge in [-0.25, -0.2) is 4.98 Å². The van der Waals surface area contributed by atoms with Crippen LogP contribution in [0.2, 0.25) is 0 Å². The standard InChI is InChI=1S/C20H21N3OS/c1-13-9-10-17-18(14(13)2)22-20(25-17)23(19(24)15-6-5-7-15)12-16-8-3-4-11-21-16/h3-4,8-11,15H,5-7,12H2,1-2H3. The van der Waals surface area contributed by atoms with Gasteiger partial charge in [0, 0.05) is 12.1 Å². The van der Waals surface area contributed by atoms with E-state index in [0.29, 0.717) is 6.54 Å². The minimum absolute atomic E-state index is 0.138. The van der Waals surface area contributed by atoms with Crippen molar-refractivity contribution in [3.8, 4) is 0 Å². The fraction of sp³-hybridized carbons (Fsp3) is 0.350. The van der Waals surface area contributed by atoms with Gasteiger partial charge in [0.1, 0.15) is 0 Å². The number of benzene rings is 1. The van der Waals surface area contributed by atoms with Crippen molar-refractivity contribution in [2.45, 2.75) is 39.7 Å². The molecule has 2 aromatic heterocycles. The van der Waals surface area contributed by atoms with E-state index in [-0.39, 0.29) is 11.8 Å². The fourth-order valence-corrected chi connectivity index (χ4v) is 4.13. The van der Waals surface area contributed by atoms with Crippen molar-refractivity contribution in [2.75, 3.05) is 4.90 Å². The zero-order chi connectivity index (χ0) is 17.4. The van der Waals surface area contributed by atoms with Crippen molar-refractivity contribution in [2.24, 2.45) is 5.92 Å². The second-order valence-electron chi connectivity index (χ2n) is 6.72. The van der Waals surface area contributed by atoms with Gasteiger partial charge in [-0.3, -0.25) is 14.7 Å². The number of aryl methyl sites for hydroxylation is 2.